The number of hydrogen-bond acceptors (Lipinski definition) is 3. The Hall–Kier alpha value is -3.09. The maximum absolute atomic E-state index is 12.8. The molecule has 2 aromatic heterocycles. The van der Waals surface area contributed by atoms with Crippen LogP contribution in [0, 0.1) is 0 Å². The quantitative estimate of drug-likeness (QED) is 0.679. The molecule has 1 aliphatic heterocycles. The number of benzene rings is 1. The summed E-state index contributed by atoms with van der Waals surface area (Å²) in [5.41, 5.74) is 2.19. The first-order valence-electron chi connectivity index (χ1n) is 8.57. The highest BCUT2D eigenvalue weighted by molar-refractivity contribution is 5.81. The zero-order valence-electron chi connectivity index (χ0n) is 14.8. The van der Waals surface area contributed by atoms with Gasteiger partial charge in [0.05, 0.1) is 5.39 Å². The third kappa shape index (κ3) is 2.47. The van der Waals surface area contributed by atoms with Gasteiger partial charge in [-0.1, -0.05) is 24.3 Å². The zero-order chi connectivity index (χ0) is 18.4. The van der Waals surface area contributed by atoms with Crippen molar-refractivity contribution >= 4 is 16.9 Å². The zero-order valence-corrected chi connectivity index (χ0v) is 14.8. The molecule has 0 radical (unpaired) electrons. The molecule has 134 valence electrons. The average Bonchev–Trinajstić information content (AvgIpc) is 3.08. The largest absolute Gasteiger partial charge is 0.336 e. The lowest BCUT2D eigenvalue weighted by Gasteiger charge is -2.29. The molecule has 0 saturated heterocycles. The van der Waals surface area contributed by atoms with E-state index in [0.717, 1.165) is 11.0 Å². The highest BCUT2D eigenvalue weighted by Crippen LogP contribution is 2.19. The minimum Gasteiger partial charge on any atom is -0.336 e. The van der Waals surface area contributed by atoms with Crippen molar-refractivity contribution < 1.29 is 4.79 Å². The van der Waals surface area contributed by atoms with E-state index < -0.39 is 5.69 Å². The molecule has 1 aromatic carbocycles. The Balaban J connectivity index is 1.65. The predicted molar refractivity (Wildman–Crippen MR) is 98.0 cm³/mol. The van der Waals surface area contributed by atoms with Gasteiger partial charge in [0.25, 0.3) is 5.56 Å². The van der Waals surface area contributed by atoms with Gasteiger partial charge in [0.2, 0.25) is 5.91 Å². The van der Waals surface area contributed by atoms with Crippen molar-refractivity contribution in [3.05, 3.63) is 68.5 Å². The molecule has 3 heterocycles. The molecule has 3 aromatic rings. The molecule has 0 atom stereocenters. The summed E-state index contributed by atoms with van der Waals surface area (Å²) in [7, 11) is 3.07. The normalized spacial score (nSPS) is 13.8. The summed E-state index contributed by atoms with van der Waals surface area (Å²) in [5, 5.41) is 0.436. The highest BCUT2D eigenvalue weighted by Gasteiger charge is 2.22. The van der Waals surface area contributed by atoms with Crippen molar-refractivity contribution in [1.82, 2.24) is 18.6 Å². The lowest BCUT2D eigenvalue weighted by Crippen LogP contribution is -2.39. The van der Waals surface area contributed by atoms with Crippen LogP contribution in [0.25, 0.3) is 11.0 Å². The van der Waals surface area contributed by atoms with E-state index in [2.05, 4.69) is 6.07 Å². The topological polar surface area (TPSA) is 69.2 Å². The Morgan fingerprint density at radius 2 is 1.77 bits per heavy atom. The van der Waals surface area contributed by atoms with Crippen molar-refractivity contribution in [2.45, 2.75) is 19.5 Å². The maximum Gasteiger partial charge on any atom is 0.332 e. The number of fused-ring (bicyclic) bond motifs is 2. The fourth-order valence-electron chi connectivity index (χ4n) is 3.67. The molecule has 7 nitrogen and oxygen atoms in total. The first-order chi connectivity index (χ1) is 12.5. The van der Waals surface area contributed by atoms with E-state index in [-0.39, 0.29) is 18.0 Å². The summed E-state index contributed by atoms with van der Waals surface area (Å²) in [6, 6.07) is 9.81. The lowest BCUT2D eigenvalue weighted by atomic mass is 10.00. The Bertz CT molecular complexity index is 1140. The first-order valence-corrected chi connectivity index (χ1v) is 8.57. The van der Waals surface area contributed by atoms with Gasteiger partial charge in [0, 0.05) is 33.4 Å². The molecule has 0 fully saturated rings. The Morgan fingerprint density at radius 3 is 2.54 bits per heavy atom. The van der Waals surface area contributed by atoms with Gasteiger partial charge < -0.3 is 9.47 Å². The van der Waals surface area contributed by atoms with Crippen LogP contribution in [0.2, 0.25) is 0 Å². The third-order valence-electron chi connectivity index (χ3n) is 5.15. The van der Waals surface area contributed by atoms with Gasteiger partial charge >= 0.3 is 5.69 Å². The van der Waals surface area contributed by atoms with Gasteiger partial charge in [0.1, 0.15) is 12.2 Å². The number of rotatable bonds is 2. The van der Waals surface area contributed by atoms with Gasteiger partial charge in [-0.05, 0) is 23.6 Å². The van der Waals surface area contributed by atoms with E-state index in [1.807, 2.05) is 23.1 Å². The molecule has 1 aliphatic rings. The maximum atomic E-state index is 12.8. The number of carbonyl (C=O) groups is 1. The van der Waals surface area contributed by atoms with Crippen LogP contribution in [0.5, 0.6) is 0 Å². The van der Waals surface area contributed by atoms with Gasteiger partial charge in [-0.15, -0.1) is 0 Å². The molecule has 7 heteroatoms. The minimum absolute atomic E-state index is 0.0230. The highest BCUT2D eigenvalue weighted by atomic mass is 16.2. The van der Waals surface area contributed by atoms with Crippen molar-refractivity contribution in [3.63, 3.8) is 0 Å². The molecule has 0 spiro atoms. The third-order valence-corrected chi connectivity index (χ3v) is 5.15. The van der Waals surface area contributed by atoms with Crippen molar-refractivity contribution in [1.29, 1.82) is 0 Å². The van der Waals surface area contributed by atoms with Gasteiger partial charge in [-0.3, -0.25) is 18.7 Å². The second kappa shape index (κ2) is 6.01. The molecule has 0 saturated carbocycles. The molecule has 1 amide bonds. The standard InChI is InChI=1S/C19H20N4O3/c1-20-17-15(18(25)21(2)19(20)26)8-10-23(17)12-16(24)22-9-7-13-5-3-4-6-14(13)11-22/h3-6,8,10H,7,9,11-12H2,1-2H3. The van der Waals surface area contributed by atoms with Crippen LogP contribution in [0.1, 0.15) is 11.1 Å². The van der Waals surface area contributed by atoms with Crippen LogP contribution in [0.3, 0.4) is 0 Å². The predicted octanol–water partition coefficient (Wildman–Crippen LogP) is 0.624. The van der Waals surface area contributed by atoms with Crippen LogP contribution in [-0.2, 0) is 38.4 Å². The molecule has 26 heavy (non-hydrogen) atoms. The molecule has 0 unspecified atom stereocenters. The summed E-state index contributed by atoms with van der Waals surface area (Å²) in [5.74, 6) is -0.0230. The van der Waals surface area contributed by atoms with Crippen LogP contribution < -0.4 is 11.2 Å². The number of amides is 1. The smallest absolute Gasteiger partial charge is 0.332 e. The summed E-state index contributed by atoms with van der Waals surface area (Å²) >= 11 is 0. The number of nitrogens with zero attached hydrogens (tertiary/aromatic N) is 4. The molecule has 0 aliphatic carbocycles. The van der Waals surface area contributed by atoms with E-state index >= 15 is 0 Å². The van der Waals surface area contributed by atoms with Crippen LogP contribution >= 0.6 is 0 Å². The second-order valence-corrected chi connectivity index (χ2v) is 6.72. The molecule has 0 N–H and O–H groups in total. The van der Waals surface area contributed by atoms with Gasteiger partial charge in [0.15, 0.2) is 0 Å². The van der Waals surface area contributed by atoms with E-state index in [1.54, 1.807) is 23.9 Å². The van der Waals surface area contributed by atoms with Crippen molar-refractivity contribution in [2.24, 2.45) is 14.1 Å². The summed E-state index contributed by atoms with van der Waals surface area (Å²) in [4.78, 5) is 39.1. The molecule has 0 bridgehead atoms. The Morgan fingerprint density at radius 1 is 1.04 bits per heavy atom. The minimum atomic E-state index is -0.401. The van der Waals surface area contributed by atoms with Crippen LogP contribution in [-0.4, -0.2) is 31.1 Å². The summed E-state index contributed by atoms with van der Waals surface area (Å²) in [6.45, 7) is 1.37. The van der Waals surface area contributed by atoms with Gasteiger partial charge in [-0.25, -0.2) is 4.79 Å². The molecule has 4 rings (SSSR count). The summed E-state index contributed by atoms with van der Waals surface area (Å²) < 4.78 is 4.17. The monoisotopic (exact) mass is 352 g/mol. The number of carbonyl (C=O) groups excluding carboxylic acids is 1. The van der Waals surface area contributed by atoms with Gasteiger partial charge in [-0.2, -0.15) is 0 Å². The van der Waals surface area contributed by atoms with E-state index in [4.69, 9.17) is 0 Å². The van der Waals surface area contributed by atoms with Crippen molar-refractivity contribution in [2.75, 3.05) is 6.54 Å². The van der Waals surface area contributed by atoms with Crippen molar-refractivity contribution in [3.8, 4) is 0 Å². The summed E-state index contributed by atoms with van der Waals surface area (Å²) in [6.07, 6.45) is 2.54. The average molecular weight is 352 g/mol. The lowest BCUT2D eigenvalue weighted by molar-refractivity contribution is -0.132. The number of aryl methyl sites for hydroxylation is 1. The van der Waals surface area contributed by atoms with E-state index in [0.29, 0.717) is 24.1 Å². The fraction of sp³-hybridized carbons (Fsp3) is 0.316. The first kappa shape index (κ1) is 16.4. The van der Waals surface area contributed by atoms with Crippen LogP contribution in [0.15, 0.2) is 46.1 Å². The van der Waals surface area contributed by atoms with Crippen LogP contribution in [0.4, 0.5) is 0 Å². The molecular weight excluding hydrogens is 332 g/mol. The second-order valence-electron chi connectivity index (χ2n) is 6.72. The number of hydrogen-bond donors (Lipinski definition) is 0. The molecular formula is C19H20N4O3. The Kier molecular flexibility index (Phi) is 3.79. The van der Waals surface area contributed by atoms with E-state index in [9.17, 15) is 14.4 Å². The van der Waals surface area contributed by atoms with E-state index in [1.165, 1.54) is 22.7 Å². The fourth-order valence-corrected chi connectivity index (χ4v) is 3.67. The number of aromatic nitrogens is 3. The Labute approximate surface area is 149 Å². The SMILES string of the molecule is Cn1c(=O)c2ccn(CC(=O)N3CCc4ccccc4C3)c2n(C)c1=O.